The van der Waals surface area contributed by atoms with E-state index in [4.69, 9.17) is 9.84 Å². The average molecular weight is 300 g/mol. The summed E-state index contributed by atoms with van der Waals surface area (Å²) in [5, 5.41) is 8.50. The molecule has 1 heterocycles. The van der Waals surface area contributed by atoms with Gasteiger partial charge in [-0.25, -0.2) is 13.2 Å². The Balaban J connectivity index is 2.18. The third kappa shape index (κ3) is 3.38. The number of nitrogens with zero attached hydrogens (tertiary/aromatic N) is 1. The number of aliphatic carboxylic acids is 1. The Labute approximate surface area is 115 Å². The van der Waals surface area contributed by atoms with Crippen LogP contribution in [-0.2, 0) is 19.6 Å². The number of carboxylic acids is 1. The van der Waals surface area contributed by atoms with Gasteiger partial charge in [-0.1, -0.05) is 6.07 Å². The van der Waals surface area contributed by atoms with Gasteiger partial charge in [0.1, 0.15) is 6.61 Å². The van der Waals surface area contributed by atoms with Crippen molar-refractivity contribution in [3.63, 3.8) is 0 Å². The smallest absolute Gasteiger partial charge is 0.414 e. The highest BCUT2D eigenvalue weighted by molar-refractivity contribution is 7.93. The predicted octanol–water partition coefficient (Wildman–Crippen LogP) is 0.469. The minimum atomic E-state index is -3.97. The van der Waals surface area contributed by atoms with Crippen LogP contribution >= 0.6 is 0 Å². The molecule has 0 aliphatic carbocycles. The van der Waals surface area contributed by atoms with Gasteiger partial charge in [-0.3, -0.25) is 14.4 Å². The first-order chi connectivity index (χ1) is 9.37. The van der Waals surface area contributed by atoms with Crippen molar-refractivity contribution in [2.45, 2.75) is 0 Å². The monoisotopic (exact) mass is 300 g/mol. The number of hydrogen-bond donors (Lipinski definition) is 2. The number of rotatable bonds is 5. The molecule has 108 valence electrons. The van der Waals surface area contributed by atoms with Gasteiger partial charge in [-0.05, 0) is 18.2 Å². The molecular weight excluding hydrogens is 288 g/mol. The van der Waals surface area contributed by atoms with Gasteiger partial charge < -0.3 is 9.84 Å². The van der Waals surface area contributed by atoms with Crippen LogP contribution in [0.4, 0.5) is 16.2 Å². The summed E-state index contributed by atoms with van der Waals surface area (Å²) in [5.74, 6) is -2.47. The van der Waals surface area contributed by atoms with E-state index in [9.17, 15) is 18.0 Å². The normalized spacial score (nSPS) is 15.0. The van der Waals surface area contributed by atoms with Crippen molar-refractivity contribution in [3.05, 3.63) is 24.3 Å². The first-order valence-electron chi connectivity index (χ1n) is 5.64. The zero-order valence-corrected chi connectivity index (χ0v) is 11.1. The van der Waals surface area contributed by atoms with Crippen molar-refractivity contribution >= 4 is 33.5 Å². The summed E-state index contributed by atoms with van der Waals surface area (Å²) in [4.78, 5) is 23.2. The maximum atomic E-state index is 11.5. The van der Waals surface area contributed by atoms with Crippen LogP contribution in [-0.4, -0.2) is 44.5 Å². The first-order valence-corrected chi connectivity index (χ1v) is 7.29. The second-order valence-corrected chi connectivity index (χ2v) is 5.79. The van der Waals surface area contributed by atoms with Gasteiger partial charge >= 0.3 is 12.1 Å². The van der Waals surface area contributed by atoms with Crippen LogP contribution in [0.25, 0.3) is 0 Å². The van der Waals surface area contributed by atoms with E-state index in [1.165, 1.54) is 17.0 Å². The van der Waals surface area contributed by atoms with Gasteiger partial charge in [0.2, 0.25) is 10.0 Å². The molecule has 0 spiro atoms. The van der Waals surface area contributed by atoms with Crippen molar-refractivity contribution in [2.24, 2.45) is 0 Å². The fourth-order valence-corrected chi connectivity index (χ4v) is 2.63. The highest BCUT2D eigenvalue weighted by atomic mass is 32.2. The van der Waals surface area contributed by atoms with E-state index in [-0.39, 0.29) is 12.3 Å². The second-order valence-electron chi connectivity index (χ2n) is 4.07. The Bertz CT molecular complexity index is 642. The Morgan fingerprint density at radius 2 is 2.20 bits per heavy atom. The fraction of sp³-hybridized carbons (Fsp3) is 0.273. The second kappa shape index (κ2) is 5.37. The molecule has 1 amide bonds. The van der Waals surface area contributed by atoms with Gasteiger partial charge in [0, 0.05) is 5.69 Å². The van der Waals surface area contributed by atoms with E-state index in [2.05, 4.69) is 4.72 Å². The van der Waals surface area contributed by atoms with Crippen molar-refractivity contribution in [2.75, 3.05) is 28.5 Å². The summed E-state index contributed by atoms with van der Waals surface area (Å²) in [6, 6.07) is 6.08. The lowest BCUT2D eigenvalue weighted by atomic mass is 10.2. The molecule has 1 saturated heterocycles. The van der Waals surface area contributed by atoms with Crippen LogP contribution in [0.2, 0.25) is 0 Å². The number of ether oxygens (including phenoxy) is 1. The molecule has 9 heteroatoms. The quantitative estimate of drug-likeness (QED) is 0.817. The molecule has 0 atom stereocenters. The van der Waals surface area contributed by atoms with Crippen LogP contribution in [0.3, 0.4) is 0 Å². The number of nitrogens with one attached hydrogen (secondary N) is 1. The number of hydrogen-bond acceptors (Lipinski definition) is 5. The molecule has 1 fully saturated rings. The lowest BCUT2D eigenvalue weighted by Gasteiger charge is -2.14. The molecule has 1 aromatic carbocycles. The molecule has 0 radical (unpaired) electrons. The molecule has 1 aromatic rings. The SMILES string of the molecule is O=C(O)CS(=O)(=O)Nc1cccc(N2CCOC2=O)c1. The molecule has 2 rings (SSSR count). The van der Waals surface area contributed by atoms with E-state index < -0.39 is 27.8 Å². The Morgan fingerprint density at radius 3 is 2.80 bits per heavy atom. The number of carboxylic acid groups (broad SMARTS) is 1. The Kier molecular flexibility index (Phi) is 3.79. The summed E-state index contributed by atoms with van der Waals surface area (Å²) in [5.41, 5.74) is 0.659. The number of carbonyl (C=O) groups excluding carboxylic acids is 1. The lowest BCUT2D eigenvalue weighted by Crippen LogP contribution is -2.24. The standard InChI is InChI=1S/C11H12N2O6S/c14-10(15)7-20(17,18)12-8-2-1-3-9(6-8)13-4-5-19-11(13)16/h1-3,6,12H,4-5,7H2,(H,14,15). The minimum Gasteiger partial charge on any atom is -0.480 e. The number of anilines is 2. The molecular formula is C11H12N2O6S. The Morgan fingerprint density at radius 1 is 1.45 bits per heavy atom. The Hall–Kier alpha value is -2.29. The molecule has 20 heavy (non-hydrogen) atoms. The lowest BCUT2D eigenvalue weighted by molar-refractivity contribution is -0.134. The van der Waals surface area contributed by atoms with Gasteiger partial charge in [0.15, 0.2) is 5.75 Å². The van der Waals surface area contributed by atoms with Crippen molar-refractivity contribution < 1.29 is 27.9 Å². The molecule has 0 saturated carbocycles. The molecule has 0 aromatic heterocycles. The van der Waals surface area contributed by atoms with Crippen LogP contribution in [0.5, 0.6) is 0 Å². The molecule has 0 unspecified atom stereocenters. The molecule has 8 nitrogen and oxygen atoms in total. The van der Waals surface area contributed by atoms with E-state index in [0.29, 0.717) is 12.2 Å². The zero-order valence-electron chi connectivity index (χ0n) is 10.3. The van der Waals surface area contributed by atoms with Crippen LogP contribution in [0.15, 0.2) is 24.3 Å². The van der Waals surface area contributed by atoms with Crippen LogP contribution < -0.4 is 9.62 Å². The number of benzene rings is 1. The number of sulfonamides is 1. The number of cyclic esters (lactones) is 1. The summed E-state index contributed by atoms with van der Waals surface area (Å²) in [7, 11) is -3.97. The van der Waals surface area contributed by atoms with Gasteiger partial charge in [-0.2, -0.15) is 0 Å². The number of carbonyl (C=O) groups is 2. The highest BCUT2D eigenvalue weighted by Crippen LogP contribution is 2.22. The zero-order chi connectivity index (χ0) is 14.8. The minimum absolute atomic E-state index is 0.184. The third-order valence-electron chi connectivity index (χ3n) is 2.51. The van der Waals surface area contributed by atoms with Crippen molar-refractivity contribution in [1.29, 1.82) is 0 Å². The predicted molar refractivity (Wildman–Crippen MR) is 70.2 cm³/mol. The fourth-order valence-electron chi connectivity index (χ4n) is 1.74. The van der Waals surface area contributed by atoms with Crippen LogP contribution in [0, 0.1) is 0 Å². The maximum Gasteiger partial charge on any atom is 0.414 e. The highest BCUT2D eigenvalue weighted by Gasteiger charge is 2.24. The van der Waals surface area contributed by atoms with Gasteiger partial charge in [0.05, 0.1) is 12.2 Å². The van der Waals surface area contributed by atoms with Crippen LogP contribution in [0.1, 0.15) is 0 Å². The van der Waals surface area contributed by atoms with E-state index in [0.717, 1.165) is 0 Å². The molecule has 2 N–H and O–H groups in total. The van der Waals surface area contributed by atoms with Gasteiger partial charge in [-0.15, -0.1) is 0 Å². The topological polar surface area (TPSA) is 113 Å². The third-order valence-corrected chi connectivity index (χ3v) is 3.68. The first kappa shape index (κ1) is 14.1. The summed E-state index contributed by atoms with van der Waals surface area (Å²) in [6.45, 7) is 0.651. The van der Waals surface area contributed by atoms with Crippen molar-refractivity contribution in [1.82, 2.24) is 0 Å². The molecule has 0 bridgehead atoms. The largest absolute Gasteiger partial charge is 0.480 e. The summed E-state index contributed by atoms with van der Waals surface area (Å²) in [6.07, 6.45) is -0.504. The van der Waals surface area contributed by atoms with Crippen molar-refractivity contribution in [3.8, 4) is 0 Å². The van der Waals surface area contributed by atoms with E-state index in [1.807, 2.05) is 0 Å². The van der Waals surface area contributed by atoms with E-state index in [1.54, 1.807) is 12.1 Å². The van der Waals surface area contributed by atoms with E-state index >= 15 is 0 Å². The maximum absolute atomic E-state index is 11.5. The number of amides is 1. The average Bonchev–Trinajstić information content (AvgIpc) is 2.73. The summed E-state index contributed by atoms with van der Waals surface area (Å²) < 4.78 is 29.9. The summed E-state index contributed by atoms with van der Waals surface area (Å²) >= 11 is 0. The molecule has 1 aliphatic heterocycles. The van der Waals surface area contributed by atoms with Gasteiger partial charge in [0.25, 0.3) is 0 Å². The molecule has 1 aliphatic rings.